The number of nitrogens with one attached hydrogen (secondary N) is 2. The van der Waals surface area contributed by atoms with Gasteiger partial charge in [0.1, 0.15) is 0 Å². The zero-order valence-corrected chi connectivity index (χ0v) is 6.91. The lowest BCUT2D eigenvalue weighted by Gasteiger charge is -2.11. The van der Waals surface area contributed by atoms with E-state index in [9.17, 15) is 9.90 Å². The van der Waals surface area contributed by atoms with Crippen molar-refractivity contribution >= 4 is 11.7 Å². The molecule has 0 unspecified atom stereocenters. The van der Waals surface area contributed by atoms with Gasteiger partial charge in [-0.15, -0.1) is 0 Å². The van der Waals surface area contributed by atoms with Crippen LogP contribution in [0.25, 0.3) is 0 Å². The van der Waals surface area contributed by atoms with Crippen molar-refractivity contribution in [3.8, 4) is 0 Å². The number of carboxylic acid groups (broad SMARTS) is 1. The van der Waals surface area contributed by atoms with Crippen molar-refractivity contribution in [1.82, 2.24) is 5.43 Å². The van der Waals surface area contributed by atoms with E-state index < -0.39 is 5.97 Å². The largest absolute Gasteiger partial charge is 0.543 e. The Morgan fingerprint density at radius 2 is 1.92 bits per heavy atom. The topological polar surface area (TPSA) is 64.2 Å². The highest BCUT2D eigenvalue weighted by Crippen LogP contribution is 2.02. The van der Waals surface area contributed by atoms with E-state index in [-0.39, 0.29) is 5.70 Å². The van der Waals surface area contributed by atoms with Crippen molar-refractivity contribution in [3.63, 3.8) is 0 Å². The second-order valence-corrected chi connectivity index (χ2v) is 2.38. The third kappa shape index (κ3) is 2.86. The van der Waals surface area contributed by atoms with Crippen LogP contribution in [0.15, 0.2) is 42.6 Å². The van der Waals surface area contributed by atoms with Crippen molar-refractivity contribution in [3.05, 3.63) is 42.6 Å². The molecule has 0 amide bonds. The number of rotatable bonds is 4. The second-order valence-electron chi connectivity index (χ2n) is 2.38. The molecule has 0 aliphatic heterocycles. The van der Waals surface area contributed by atoms with Gasteiger partial charge in [0.25, 0.3) is 0 Å². The van der Waals surface area contributed by atoms with Crippen LogP contribution < -0.4 is 16.0 Å². The number of carboxylic acids is 1. The molecule has 0 aromatic heterocycles. The highest BCUT2D eigenvalue weighted by molar-refractivity contribution is 5.83. The predicted molar refractivity (Wildman–Crippen MR) is 47.3 cm³/mol. The molecule has 1 aromatic carbocycles. The highest BCUT2D eigenvalue weighted by Gasteiger charge is 1.92. The van der Waals surface area contributed by atoms with E-state index in [2.05, 4.69) is 17.4 Å². The molecular weight excluding hydrogens is 168 g/mol. The van der Waals surface area contributed by atoms with Gasteiger partial charge < -0.3 is 15.3 Å². The number of aliphatic carboxylic acids is 1. The first-order valence-electron chi connectivity index (χ1n) is 3.67. The Morgan fingerprint density at radius 1 is 1.31 bits per heavy atom. The molecule has 0 fully saturated rings. The number of anilines is 1. The van der Waals surface area contributed by atoms with E-state index in [1.54, 1.807) is 12.1 Å². The molecule has 0 saturated carbocycles. The van der Waals surface area contributed by atoms with Crippen LogP contribution in [-0.4, -0.2) is 5.97 Å². The minimum atomic E-state index is -1.33. The van der Waals surface area contributed by atoms with Gasteiger partial charge in [-0.1, -0.05) is 24.8 Å². The summed E-state index contributed by atoms with van der Waals surface area (Å²) in [6, 6.07) is 9.08. The lowest BCUT2D eigenvalue weighted by molar-refractivity contribution is -0.299. The lowest BCUT2D eigenvalue weighted by atomic mass is 10.3. The van der Waals surface area contributed by atoms with Gasteiger partial charge in [-0.2, -0.15) is 0 Å². The third-order valence-corrected chi connectivity index (χ3v) is 1.38. The molecule has 4 nitrogen and oxygen atoms in total. The summed E-state index contributed by atoms with van der Waals surface area (Å²) in [5, 5.41) is 10.2. The monoisotopic (exact) mass is 177 g/mol. The lowest BCUT2D eigenvalue weighted by Crippen LogP contribution is -2.34. The zero-order chi connectivity index (χ0) is 9.68. The molecule has 0 spiro atoms. The van der Waals surface area contributed by atoms with Gasteiger partial charge in [-0.3, -0.25) is 5.43 Å². The van der Waals surface area contributed by atoms with E-state index in [0.29, 0.717) is 0 Å². The fourth-order valence-corrected chi connectivity index (χ4v) is 0.720. The van der Waals surface area contributed by atoms with Gasteiger partial charge in [0, 0.05) is 0 Å². The first-order chi connectivity index (χ1) is 6.20. The number of benzene rings is 1. The fourth-order valence-electron chi connectivity index (χ4n) is 0.720. The zero-order valence-electron chi connectivity index (χ0n) is 6.91. The Kier molecular flexibility index (Phi) is 2.92. The van der Waals surface area contributed by atoms with Gasteiger partial charge in [0.2, 0.25) is 0 Å². The molecule has 13 heavy (non-hydrogen) atoms. The Balaban J connectivity index is 2.44. The molecule has 0 atom stereocenters. The number of para-hydroxylation sites is 1. The van der Waals surface area contributed by atoms with E-state index in [4.69, 9.17) is 0 Å². The molecule has 0 bridgehead atoms. The Labute approximate surface area is 75.9 Å². The van der Waals surface area contributed by atoms with E-state index >= 15 is 0 Å². The third-order valence-electron chi connectivity index (χ3n) is 1.38. The summed E-state index contributed by atoms with van der Waals surface area (Å²) in [4.78, 5) is 10.2. The SMILES string of the molecule is C=C(NNc1ccccc1)C(=O)[O-]. The molecule has 2 N–H and O–H groups in total. The summed E-state index contributed by atoms with van der Waals surface area (Å²) < 4.78 is 0. The van der Waals surface area contributed by atoms with Gasteiger partial charge in [0.05, 0.1) is 17.4 Å². The molecule has 1 aromatic rings. The molecule has 1 rings (SSSR count). The van der Waals surface area contributed by atoms with Gasteiger partial charge in [-0.25, -0.2) is 0 Å². The summed E-state index contributed by atoms with van der Waals surface area (Å²) in [6.07, 6.45) is 0. The number of hydrogen-bond donors (Lipinski definition) is 2. The number of hydrazine groups is 1. The number of hydrogen-bond acceptors (Lipinski definition) is 4. The first-order valence-corrected chi connectivity index (χ1v) is 3.67. The van der Waals surface area contributed by atoms with Gasteiger partial charge >= 0.3 is 0 Å². The summed E-state index contributed by atoms with van der Waals surface area (Å²) in [5.74, 6) is -1.33. The van der Waals surface area contributed by atoms with Crippen LogP contribution in [-0.2, 0) is 4.79 Å². The maximum absolute atomic E-state index is 10.2. The number of carbonyl (C=O) groups excluding carboxylic acids is 1. The van der Waals surface area contributed by atoms with Crippen molar-refractivity contribution in [2.24, 2.45) is 0 Å². The van der Waals surface area contributed by atoms with Crippen LogP contribution >= 0.6 is 0 Å². The van der Waals surface area contributed by atoms with Crippen LogP contribution in [0.2, 0.25) is 0 Å². The maximum Gasteiger partial charge on any atom is 0.0886 e. The molecule has 68 valence electrons. The maximum atomic E-state index is 10.2. The second kappa shape index (κ2) is 4.15. The highest BCUT2D eigenvalue weighted by atomic mass is 16.4. The summed E-state index contributed by atoms with van der Waals surface area (Å²) >= 11 is 0. The minimum absolute atomic E-state index is 0.205. The van der Waals surface area contributed by atoms with Crippen LogP contribution in [0.4, 0.5) is 5.69 Å². The van der Waals surface area contributed by atoms with Crippen LogP contribution in [0.3, 0.4) is 0 Å². The fraction of sp³-hybridized carbons (Fsp3) is 0. The minimum Gasteiger partial charge on any atom is -0.543 e. The van der Waals surface area contributed by atoms with E-state index in [1.807, 2.05) is 18.2 Å². The Bertz CT molecular complexity index is 309. The first kappa shape index (κ1) is 9.12. The molecule has 0 radical (unpaired) electrons. The molecule has 0 heterocycles. The molecule has 0 saturated heterocycles. The van der Waals surface area contributed by atoms with Crippen molar-refractivity contribution in [2.75, 3.05) is 5.43 Å². The van der Waals surface area contributed by atoms with Crippen LogP contribution in [0.1, 0.15) is 0 Å². The molecule has 4 heteroatoms. The quantitative estimate of drug-likeness (QED) is 0.496. The summed E-state index contributed by atoms with van der Waals surface area (Å²) in [5.41, 5.74) is 5.60. The average molecular weight is 177 g/mol. The van der Waals surface area contributed by atoms with Crippen LogP contribution in [0.5, 0.6) is 0 Å². The van der Waals surface area contributed by atoms with Crippen molar-refractivity contribution < 1.29 is 9.90 Å². The van der Waals surface area contributed by atoms with E-state index in [1.165, 1.54) is 0 Å². The average Bonchev–Trinajstić information content (AvgIpc) is 2.15. The molecular formula is C9H9N2O2-. The Morgan fingerprint density at radius 3 is 2.46 bits per heavy atom. The predicted octanol–water partition coefficient (Wildman–Crippen LogP) is -0.133. The summed E-state index contributed by atoms with van der Waals surface area (Å²) in [6.45, 7) is 3.23. The molecule has 0 aliphatic carbocycles. The standard InChI is InChI=1S/C9H10N2O2/c1-7(9(12)13)10-11-8-5-3-2-4-6-8/h2-6,10-11H,1H2,(H,12,13)/p-1. The molecule has 0 aliphatic rings. The smallest absolute Gasteiger partial charge is 0.0886 e. The summed E-state index contributed by atoms with van der Waals surface area (Å²) in [7, 11) is 0. The van der Waals surface area contributed by atoms with Crippen molar-refractivity contribution in [2.45, 2.75) is 0 Å². The van der Waals surface area contributed by atoms with Gasteiger partial charge in [0.15, 0.2) is 0 Å². The van der Waals surface area contributed by atoms with Gasteiger partial charge in [-0.05, 0) is 12.1 Å². The number of carbonyl (C=O) groups is 1. The normalized spacial score (nSPS) is 8.92. The van der Waals surface area contributed by atoms with Crippen molar-refractivity contribution in [1.29, 1.82) is 0 Å². The van der Waals surface area contributed by atoms with Crippen LogP contribution in [0, 0.1) is 0 Å². The Hall–Kier alpha value is -1.97. The van der Waals surface area contributed by atoms with E-state index in [0.717, 1.165) is 5.69 Å².